The second-order valence-corrected chi connectivity index (χ2v) is 7.45. The van der Waals surface area contributed by atoms with Gasteiger partial charge in [-0.2, -0.15) is 0 Å². The van der Waals surface area contributed by atoms with Crippen LogP contribution in [-0.4, -0.2) is 34.6 Å². The number of aromatic nitrogens is 1. The Morgan fingerprint density at radius 1 is 1.20 bits per heavy atom. The number of carbonyl (C=O) groups excluding carboxylic acids is 1. The van der Waals surface area contributed by atoms with Crippen molar-refractivity contribution in [1.82, 2.24) is 15.2 Å². The molecule has 0 aliphatic carbocycles. The number of furan rings is 1. The Balaban J connectivity index is 1.74. The summed E-state index contributed by atoms with van der Waals surface area (Å²) >= 11 is 5.62. The fourth-order valence-electron chi connectivity index (χ4n) is 3.84. The number of benzene rings is 1. The van der Waals surface area contributed by atoms with Gasteiger partial charge in [0.25, 0.3) is 0 Å². The van der Waals surface area contributed by atoms with Gasteiger partial charge in [-0.15, -0.1) is 0 Å². The molecule has 0 saturated carbocycles. The molecule has 154 valence electrons. The van der Waals surface area contributed by atoms with Gasteiger partial charge in [-0.05, 0) is 49.0 Å². The zero-order valence-electron chi connectivity index (χ0n) is 16.9. The number of esters is 1. The number of nitrogens with zero attached hydrogens (tertiary/aromatic N) is 2. The van der Waals surface area contributed by atoms with Crippen molar-refractivity contribution >= 4 is 23.3 Å². The smallest absolute Gasteiger partial charge is 0.338 e. The zero-order chi connectivity index (χ0) is 21.1. The summed E-state index contributed by atoms with van der Waals surface area (Å²) in [6, 6.07) is 16.7. The first-order valence-corrected chi connectivity index (χ1v) is 10.3. The lowest BCUT2D eigenvalue weighted by Gasteiger charge is -2.25. The Kier molecular flexibility index (Phi) is 5.81. The summed E-state index contributed by atoms with van der Waals surface area (Å²) in [7, 11) is 1.37. The molecule has 6 nitrogen and oxygen atoms in total. The van der Waals surface area contributed by atoms with E-state index in [0.29, 0.717) is 22.0 Å². The summed E-state index contributed by atoms with van der Waals surface area (Å²) in [5, 5.41) is 4.09. The van der Waals surface area contributed by atoms with Gasteiger partial charge in [-0.3, -0.25) is 4.98 Å². The monoisotopic (exact) mass is 421 g/mol. The summed E-state index contributed by atoms with van der Waals surface area (Å²) < 4.78 is 11.2. The first-order chi connectivity index (χ1) is 14.6. The highest BCUT2D eigenvalue weighted by atomic mass is 32.1. The highest BCUT2D eigenvalue weighted by Crippen LogP contribution is 2.40. The normalized spacial score (nSPS) is 18.3. The molecule has 1 aliphatic heterocycles. The van der Waals surface area contributed by atoms with Gasteiger partial charge in [0.05, 0.1) is 24.4 Å². The lowest BCUT2D eigenvalue weighted by Crippen LogP contribution is -2.30. The Bertz CT molecular complexity index is 1050. The molecule has 1 aliphatic rings. The maximum Gasteiger partial charge on any atom is 0.338 e. The van der Waals surface area contributed by atoms with E-state index in [4.69, 9.17) is 21.4 Å². The number of hydrogen-bond acceptors (Lipinski definition) is 5. The molecule has 30 heavy (non-hydrogen) atoms. The van der Waals surface area contributed by atoms with Crippen LogP contribution in [0.15, 0.2) is 65.2 Å². The molecule has 2 aromatic heterocycles. The third-order valence-electron chi connectivity index (χ3n) is 5.18. The molecule has 2 atom stereocenters. The number of pyridine rings is 1. The van der Waals surface area contributed by atoms with Gasteiger partial charge >= 0.3 is 5.97 Å². The highest BCUT2D eigenvalue weighted by molar-refractivity contribution is 7.80. The first-order valence-electron chi connectivity index (χ1n) is 9.89. The molecule has 0 spiro atoms. The molecule has 7 heteroatoms. The number of methoxy groups -OCH3 is 1. The Labute approximate surface area is 180 Å². The van der Waals surface area contributed by atoms with Gasteiger partial charge in [0.1, 0.15) is 17.6 Å². The summed E-state index contributed by atoms with van der Waals surface area (Å²) in [4.78, 5) is 18.8. The van der Waals surface area contributed by atoms with E-state index in [1.54, 1.807) is 18.3 Å². The molecule has 0 amide bonds. The van der Waals surface area contributed by atoms with Crippen LogP contribution in [-0.2, 0) is 4.74 Å². The van der Waals surface area contributed by atoms with E-state index in [1.165, 1.54) is 7.11 Å². The summed E-state index contributed by atoms with van der Waals surface area (Å²) in [5.41, 5.74) is 2.06. The highest BCUT2D eigenvalue weighted by Gasteiger charge is 2.41. The molecule has 3 aromatic rings. The van der Waals surface area contributed by atoms with E-state index in [2.05, 4.69) is 22.1 Å². The average Bonchev–Trinajstić information content (AvgIpc) is 3.39. The standard InChI is InChI=1S/C23H23N3O3S/c1-3-14-26-21(20(25-23(26)30)17-10-6-7-13-24-17)19-12-11-18(29-19)15-8-4-5-9-16(15)22(27)28-2/h4-13,20-21H,3,14H2,1-2H3,(H,25,30). The third kappa shape index (κ3) is 3.68. The SMILES string of the molecule is CCCN1C(=S)NC(c2ccccn2)C1c1ccc(-c2ccccc2C(=O)OC)o1. The van der Waals surface area contributed by atoms with E-state index < -0.39 is 5.97 Å². The quantitative estimate of drug-likeness (QED) is 0.464. The topological polar surface area (TPSA) is 67.6 Å². The predicted molar refractivity (Wildman–Crippen MR) is 118 cm³/mol. The largest absolute Gasteiger partial charge is 0.465 e. The van der Waals surface area contributed by atoms with Crippen LogP contribution in [0, 0.1) is 0 Å². The lowest BCUT2D eigenvalue weighted by atomic mass is 10.0. The molecule has 4 rings (SSSR count). The summed E-state index contributed by atoms with van der Waals surface area (Å²) in [6.07, 6.45) is 2.73. The molecule has 3 heterocycles. The van der Waals surface area contributed by atoms with Gasteiger partial charge in [0.15, 0.2) is 5.11 Å². The Morgan fingerprint density at radius 3 is 2.73 bits per heavy atom. The van der Waals surface area contributed by atoms with Crippen molar-refractivity contribution in [2.24, 2.45) is 0 Å². The molecule has 1 saturated heterocycles. The van der Waals surface area contributed by atoms with Crippen molar-refractivity contribution in [3.63, 3.8) is 0 Å². The van der Waals surface area contributed by atoms with Crippen molar-refractivity contribution in [3.05, 3.63) is 77.8 Å². The minimum absolute atomic E-state index is 0.125. The maximum absolute atomic E-state index is 12.2. The second-order valence-electron chi connectivity index (χ2n) is 7.06. The van der Waals surface area contributed by atoms with Gasteiger partial charge < -0.3 is 19.4 Å². The van der Waals surface area contributed by atoms with Gasteiger partial charge in [-0.1, -0.05) is 31.2 Å². The zero-order valence-corrected chi connectivity index (χ0v) is 17.7. The number of ether oxygens (including phenoxy) is 1. The first kappa shape index (κ1) is 20.1. The van der Waals surface area contributed by atoms with Crippen molar-refractivity contribution in [1.29, 1.82) is 0 Å². The van der Waals surface area contributed by atoms with Crippen molar-refractivity contribution in [3.8, 4) is 11.3 Å². The number of thiocarbonyl (C=S) groups is 1. The number of carbonyl (C=O) groups is 1. The summed E-state index contributed by atoms with van der Waals surface area (Å²) in [5.74, 6) is 0.979. The Hall–Kier alpha value is -3.19. The van der Waals surface area contributed by atoms with Crippen LogP contribution in [0.1, 0.15) is 47.2 Å². The van der Waals surface area contributed by atoms with Crippen LogP contribution in [0.5, 0.6) is 0 Å². The van der Waals surface area contributed by atoms with E-state index in [9.17, 15) is 4.79 Å². The number of nitrogens with one attached hydrogen (secondary N) is 1. The minimum Gasteiger partial charge on any atom is -0.465 e. The number of hydrogen-bond donors (Lipinski definition) is 1. The summed E-state index contributed by atoms with van der Waals surface area (Å²) in [6.45, 7) is 2.92. The third-order valence-corrected chi connectivity index (χ3v) is 5.53. The van der Waals surface area contributed by atoms with Crippen LogP contribution >= 0.6 is 12.2 Å². The van der Waals surface area contributed by atoms with Crippen LogP contribution in [0.3, 0.4) is 0 Å². The maximum atomic E-state index is 12.2. The fourth-order valence-corrected chi connectivity index (χ4v) is 4.17. The van der Waals surface area contributed by atoms with Crippen LogP contribution < -0.4 is 5.32 Å². The molecule has 1 N–H and O–H groups in total. The van der Waals surface area contributed by atoms with Crippen LogP contribution in [0.25, 0.3) is 11.3 Å². The van der Waals surface area contributed by atoms with E-state index >= 15 is 0 Å². The molecule has 0 radical (unpaired) electrons. The van der Waals surface area contributed by atoms with E-state index in [0.717, 1.165) is 24.4 Å². The second kappa shape index (κ2) is 8.67. The van der Waals surface area contributed by atoms with Gasteiger partial charge in [0, 0.05) is 18.3 Å². The molecular formula is C23H23N3O3S. The molecule has 2 unspecified atom stereocenters. The lowest BCUT2D eigenvalue weighted by molar-refractivity contribution is 0.0601. The van der Waals surface area contributed by atoms with Crippen LogP contribution in [0.4, 0.5) is 0 Å². The predicted octanol–water partition coefficient (Wildman–Crippen LogP) is 4.51. The van der Waals surface area contributed by atoms with Crippen molar-refractivity contribution in [2.45, 2.75) is 25.4 Å². The fraction of sp³-hybridized carbons (Fsp3) is 0.261. The number of rotatable bonds is 6. The van der Waals surface area contributed by atoms with Gasteiger partial charge in [-0.25, -0.2) is 4.79 Å². The van der Waals surface area contributed by atoms with Crippen LogP contribution in [0.2, 0.25) is 0 Å². The molecule has 1 aromatic carbocycles. The Morgan fingerprint density at radius 2 is 2.00 bits per heavy atom. The average molecular weight is 422 g/mol. The van der Waals surface area contributed by atoms with Gasteiger partial charge in [0.2, 0.25) is 0 Å². The molecule has 0 bridgehead atoms. The van der Waals surface area contributed by atoms with Crippen molar-refractivity contribution < 1.29 is 13.9 Å². The van der Waals surface area contributed by atoms with E-state index in [-0.39, 0.29) is 12.1 Å². The minimum atomic E-state index is -0.397. The van der Waals surface area contributed by atoms with E-state index in [1.807, 2.05) is 42.5 Å². The van der Waals surface area contributed by atoms with Crippen molar-refractivity contribution in [2.75, 3.05) is 13.7 Å². The molecular weight excluding hydrogens is 398 g/mol. The molecule has 1 fully saturated rings.